The molecule has 1 fully saturated rings. The van der Waals surface area contributed by atoms with E-state index in [1.54, 1.807) is 46.8 Å². The number of amides is 1. The van der Waals surface area contributed by atoms with Gasteiger partial charge in [0, 0.05) is 31.3 Å². The number of rotatable bonds is 10. The molecule has 0 spiro atoms. The molecule has 32 heavy (non-hydrogen) atoms. The minimum Gasteiger partial charge on any atom is -0.490 e. The summed E-state index contributed by atoms with van der Waals surface area (Å²) in [5.74, 6) is 1.12. The van der Waals surface area contributed by atoms with Crippen molar-refractivity contribution in [2.45, 2.75) is 50.8 Å². The molecule has 0 aliphatic carbocycles. The van der Waals surface area contributed by atoms with Gasteiger partial charge in [-0.2, -0.15) is 4.31 Å². The Balaban J connectivity index is 1.56. The van der Waals surface area contributed by atoms with Gasteiger partial charge in [0.25, 0.3) is 0 Å². The Kier molecular flexibility index (Phi) is 8.53. The van der Waals surface area contributed by atoms with Crippen molar-refractivity contribution in [2.24, 2.45) is 0 Å². The van der Waals surface area contributed by atoms with Crippen LogP contribution in [0.2, 0.25) is 0 Å². The molecule has 1 aliphatic heterocycles. The van der Waals surface area contributed by atoms with Gasteiger partial charge in [0.2, 0.25) is 15.9 Å². The minimum absolute atomic E-state index is 0.123. The number of carbonyl (C=O) groups excluding carboxylic acids is 1. The average Bonchev–Trinajstić information content (AvgIpc) is 2.80. The van der Waals surface area contributed by atoms with E-state index in [2.05, 4.69) is 5.32 Å². The van der Waals surface area contributed by atoms with Gasteiger partial charge >= 0.3 is 0 Å². The maximum Gasteiger partial charge on any atom is 0.243 e. The highest BCUT2D eigenvalue weighted by Gasteiger charge is 2.25. The topological polar surface area (TPSA) is 84.9 Å². The lowest BCUT2D eigenvalue weighted by Crippen LogP contribution is -2.35. The second-order valence-corrected chi connectivity index (χ2v) is 9.62. The molecule has 1 amide bonds. The molecule has 2 aromatic carbocycles. The van der Waals surface area contributed by atoms with Crippen LogP contribution in [0.25, 0.3) is 0 Å². The lowest BCUT2D eigenvalue weighted by molar-refractivity contribution is -0.116. The lowest BCUT2D eigenvalue weighted by Gasteiger charge is -2.25. The normalized spacial score (nSPS) is 14.7. The molecule has 7 nitrogen and oxygen atoms in total. The number of nitrogens with zero attached hydrogens (tertiary/aromatic N) is 1. The largest absolute Gasteiger partial charge is 0.490 e. The molecule has 174 valence electrons. The van der Waals surface area contributed by atoms with Gasteiger partial charge in [0.05, 0.1) is 18.1 Å². The number of piperidine rings is 1. The number of hydrogen-bond donors (Lipinski definition) is 1. The molecule has 0 saturated carbocycles. The predicted molar refractivity (Wildman–Crippen MR) is 125 cm³/mol. The summed E-state index contributed by atoms with van der Waals surface area (Å²) in [6.07, 6.45) is 3.71. The summed E-state index contributed by atoms with van der Waals surface area (Å²) in [5, 5.41) is 2.88. The molecule has 1 N–H and O–H groups in total. The predicted octanol–water partition coefficient (Wildman–Crippen LogP) is 4.23. The zero-order valence-electron chi connectivity index (χ0n) is 18.8. The number of benzene rings is 2. The van der Waals surface area contributed by atoms with Crippen LogP contribution in [0.5, 0.6) is 11.5 Å². The molecule has 3 rings (SSSR count). The highest BCUT2D eigenvalue weighted by molar-refractivity contribution is 7.89. The van der Waals surface area contributed by atoms with Gasteiger partial charge in [0.1, 0.15) is 0 Å². The number of ether oxygens (including phenoxy) is 2. The smallest absolute Gasteiger partial charge is 0.243 e. The van der Waals surface area contributed by atoms with E-state index in [-0.39, 0.29) is 12.3 Å². The number of anilines is 1. The van der Waals surface area contributed by atoms with Crippen LogP contribution < -0.4 is 14.8 Å². The molecule has 1 saturated heterocycles. The first-order valence-electron chi connectivity index (χ1n) is 11.2. The molecule has 0 unspecified atom stereocenters. The molecular weight excluding hydrogens is 428 g/mol. The maximum atomic E-state index is 12.7. The number of hydrogen-bond acceptors (Lipinski definition) is 5. The molecular formula is C24H32N2O5S. The van der Waals surface area contributed by atoms with Crippen LogP contribution in [0.4, 0.5) is 5.69 Å². The van der Waals surface area contributed by atoms with Crippen molar-refractivity contribution in [1.82, 2.24) is 4.31 Å². The lowest BCUT2D eigenvalue weighted by atomic mass is 10.1. The van der Waals surface area contributed by atoms with E-state index in [9.17, 15) is 13.2 Å². The first kappa shape index (κ1) is 24.1. The molecule has 0 bridgehead atoms. The van der Waals surface area contributed by atoms with Crippen LogP contribution in [0.3, 0.4) is 0 Å². The Morgan fingerprint density at radius 3 is 2.25 bits per heavy atom. The standard InChI is InChI=1S/C24H32N2O5S/c1-3-30-22-14-11-20(18-23(22)31-4-2)25-24(27)15-10-19-8-12-21(13-9-19)32(28,29)26-16-6-5-7-17-26/h8-9,11-14,18H,3-7,10,15-17H2,1-2H3,(H,25,27). The van der Waals surface area contributed by atoms with Gasteiger partial charge < -0.3 is 14.8 Å². The molecule has 0 radical (unpaired) electrons. The molecule has 2 aromatic rings. The molecule has 0 aromatic heterocycles. The second kappa shape index (κ2) is 11.3. The average molecular weight is 461 g/mol. The molecule has 8 heteroatoms. The molecule has 1 heterocycles. The van der Waals surface area contributed by atoms with Crippen molar-refractivity contribution in [2.75, 3.05) is 31.6 Å². The highest BCUT2D eigenvalue weighted by atomic mass is 32.2. The van der Waals surface area contributed by atoms with Gasteiger partial charge in [-0.25, -0.2) is 8.42 Å². The summed E-state index contributed by atoms with van der Waals surface area (Å²) in [5.41, 5.74) is 1.56. The van der Waals surface area contributed by atoms with Crippen LogP contribution in [0.1, 0.15) is 45.1 Å². The van der Waals surface area contributed by atoms with Crippen LogP contribution in [-0.4, -0.2) is 44.9 Å². The van der Waals surface area contributed by atoms with E-state index < -0.39 is 10.0 Å². The zero-order chi connectivity index (χ0) is 23.0. The van der Waals surface area contributed by atoms with Crippen LogP contribution in [-0.2, 0) is 21.2 Å². The van der Waals surface area contributed by atoms with Gasteiger partial charge in [-0.1, -0.05) is 18.6 Å². The van der Waals surface area contributed by atoms with Gasteiger partial charge in [-0.15, -0.1) is 0 Å². The van der Waals surface area contributed by atoms with Crippen molar-refractivity contribution < 1.29 is 22.7 Å². The van der Waals surface area contributed by atoms with E-state index in [0.29, 0.717) is 54.8 Å². The van der Waals surface area contributed by atoms with Gasteiger partial charge in [0.15, 0.2) is 11.5 Å². The van der Waals surface area contributed by atoms with Gasteiger partial charge in [-0.05, 0) is 62.9 Å². The first-order chi connectivity index (χ1) is 15.4. The number of nitrogens with one attached hydrogen (secondary N) is 1. The number of sulfonamides is 1. The molecule has 0 atom stereocenters. The Bertz CT molecular complexity index is 1000. The fourth-order valence-electron chi connectivity index (χ4n) is 3.69. The van der Waals surface area contributed by atoms with Crippen molar-refractivity contribution >= 4 is 21.6 Å². The van der Waals surface area contributed by atoms with Crippen LogP contribution in [0.15, 0.2) is 47.4 Å². The van der Waals surface area contributed by atoms with E-state index in [1.165, 1.54) is 0 Å². The third-order valence-electron chi connectivity index (χ3n) is 5.34. The van der Waals surface area contributed by atoms with E-state index >= 15 is 0 Å². The van der Waals surface area contributed by atoms with Crippen molar-refractivity contribution in [3.05, 3.63) is 48.0 Å². The van der Waals surface area contributed by atoms with E-state index in [1.807, 2.05) is 13.8 Å². The molecule has 1 aliphatic rings. The quantitative estimate of drug-likeness (QED) is 0.574. The fraction of sp³-hybridized carbons (Fsp3) is 0.458. The summed E-state index contributed by atoms with van der Waals surface area (Å²) in [4.78, 5) is 12.7. The van der Waals surface area contributed by atoms with Crippen molar-refractivity contribution in [1.29, 1.82) is 0 Å². The SMILES string of the molecule is CCOc1ccc(NC(=O)CCc2ccc(S(=O)(=O)N3CCCCC3)cc2)cc1OCC. The zero-order valence-corrected chi connectivity index (χ0v) is 19.6. The summed E-state index contributed by atoms with van der Waals surface area (Å²) >= 11 is 0. The van der Waals surface area contributed by atoms with E-state index in [0.717, 1.165) is 24.8 Å². The van der Waals surface area contributed by atoms with Crippen LogP contribution >= 0.6 is 0 Å². The third kappa shape index (κ3) is 6.23. The Morgan fingerprint density at radius 2 is 1.59 bits per heavy atom. The van der Waals surface area contributed by atoms with Crippen molar-refractivity contribution in [3.8, 4) is 11.5 Å². The monoisotopic (exact) mass is 460 g/mol. The van der Waals surface area contributed by atoms with E-state index in [4.69, 9.17) is 9.47 Å². The summed E-state index contributed by atoms with van der Waals surface area (Å²) < 4.78 is 38.2. The van der Waals surface area contributed by atoms with Crippen molar-refractivity contribution in [3.63, 3.8) is 0 Å². The Hall–Kier alpha value is -2.58. The fourth-order valence-corrected chi connectivity index (χ4v) is 5.21. The number of carbonyl (C=O) groups is 1. The number of aryl methyl sites for hydroxylation is 1. The van der Waals surface area contributed by atoms with Crippen LogP contribution in [0, 0.1) is 0 Å². The van der Waals surface area contributed by atoms with Gasteiger partial charge in [-0.3, -0.25) is 4.79 Å². The summed E-state index contributed by atoms with van der Waals surface area (Å²) in [6.45, 7) is 6.00. The Labute approximate surface area is 190 Å². The first-order valence-corrected chi connectivity index (χ1v) is 12.7. The summed E-state index contributed by atoms with van der Waals surface area (Å²) in [6, 6.07) is 12.2. The summed E-state index contributed by atoms with van der Waals surface area (Å²) in [7, 11) is -3.44. The maximum absolute atomic E-state index is 12.7. The second-order valence-electron chi connectivity index (χ2n) is 7.68. The third-order valence-corrected chi connectivity index (χ3v) is 7.26. The highest BCUT2D eigenvalue weighted by Crippen LogP contribution is 2.30. The Morgan fingerprint density at radius 1 is 0.938 bits per heavy atom. The minimum atomic E-state index is -3.44.